The summed E-state index contributed by atoms with van der Waals surface area (Å²) in [6, 6.07) is 0. The van der Waals surface area contributed by atoms with E-state index in [-0.39, 0.29) is 0 Å². The van der Waals surface area contributed by atoms with Crippen molar-refractivity contribution in [2.45, 2.75) is 19.8 Å². The van der Waals surface area contributed by atoms with Crippen molar-refractivity contribution in [3.63, 3.8) is 0 Å². The van der Waals surface area contributed by atoms with Crippen LogP contribution in [0.2, 0.25) is 0 Å². The number of hydrogen-bond acceptors (Lipinski definition) is 6. The second kappa shape index (κ2) is 8.66. The predicted molar refractivity (Wildman–Crippen MR) is 68.6 cm³/mol. The van der Waals surface area contributed by atoms with Crippen molar-refractivity contribution in [1.29, 1.82) is 0 Å². The van der Waals surface area contributed by atoms with Crippen LogP contribution in [0.15, 0.2) is 6.33 Å². The van der Waals surface area contributed by atoms with Gasteiger partial charge in [-0.25, -0.2) is 9.97 Å². The number of nitrogens with zero attached hydrogens (tertiary/aromatic N) is 2. The van der Waals surface area contributed by atoms with Crippen LogP contribution in [0.1, 0.15) is 18.9 Å². The summed E-state index contributed by atoms with van der Waals surface area (Å²) >= 11 is 0. The van der Waals surface area contributed by atoms with Crippen molar-refractivity contribution in [1.82, 2.24) is 9.97 Å². The molecular formula is C12H21N3O3. The van der Waals surface area contributed by atoms with E-state index in [4.69, 9.17) is 19.9 Å². The fourth-order valence-electron chi connectivity index (χ4n) is 1.47. The minimum atomic E-state index is 0.455. The molecule has 0 bridgehead atoms. The first-order valence-corrected chi connectivity index (χ1v) is 6.08. The van der Waals surface area contributed by atoms with Crippen LogP contribution in [0.5, 0.6) is 5.88 Å². The van der Waals surface area contributed by atoms with Gasteiger partial charge >= 0.3 is 0 Å². The van der Waals surface area contributed by atoms with E-state index >= 15 is 0 Å². The molecular weight excluding hydrogens is 234 g/mol. The predicted octanol–water partition coefficient (Wildman–Crippen LogP) is 1.05. The van der Waals surface area contributed by atoms with Gasteiger partial charge in [0.15, 0.2) is 0 Å². The third-order valence-corrected chi connectivity index (χ3v) is 2.40. The van der Waals surface area contributed by atoms with Gasteiger partial charge in [0, 0.05) is 20.3 Å². The quantitative estimate of drug-likeness (QED) is 0.664. The van der Waals surface area contributed by atoms with Crippen molar-refractivity contribution in [3.8, 4) is 5.88 Å². The number of rotatable bonds is 9. The van der Waals surface area contributed by atoms with E-state index in [0.717, 1.165) is 18.4 Å². The molecule has 0 saturated carbocycles. The number of nitrogens with two attached hydrogens (primary N) is 1. The lowest BCUT2D eigenvalue weighted by Crippen LogP contribution is -2.11. The fourth-order valence-corrected chi connectivity index (χ4v) is 1.47. The summed E-state index contributed by atoms with van der Waals surface area (Å²) in [6.45, 7) is 4.35. The average Bonchev–Trinajstić information content (AvgIpc) is 2.38. The lowest BCUT2D eigenvalue weighted by molar-refractivity contribution is 0.0793. The molecule has 0 aromatic carbocycles. The van der Waals surface area contributed by atoms with E-state index in [9.17, 15) is 0 Å². The van der Waals surface area contributed by atoms with Crippen molar-refractivity contribution in [2.75, 3.05) is 39.3 Å². The van der Waals surface area contributed by atoms with Crippen LogP contribution in [-0.4, -0.2) is 43.5 Å². The smallest absolute Gasteiger partial charge is 0.221 e. The summed E-state index contributed by atoms with van der Waals surface area (Å²) in [5.41, 5.74) is 6.59. The van der Waals surface area contributed by atoms with Gasteiger partial charge in [-0.05, 0) is 12.8 Å². The Morgan fingerprint density at radius 1 is 1.17 bits per heavy atom. The van der Waals surface area contributed by atoms with Crippen LogP contribution < -0.4 is 10.5 Å². The molecule has 6 nitrogen and oxygen atoms in total. The molecule has 0 fully saturated rings. The Labute approximate surface area is 107 Å². The molecule has 0 saturated heterocycles. The van der Waals surface area contributed by atoms with Crippen LogP contribution >= 0.6 is 0 Å². The molecule has 1 rings (SSSR count). The van der Waals surface area contributed by atoms with E-state index in [1.165, 1.54) is 6.33 Å². The number of ether oxygens (including phenoxy) is 3. The van der Waals surface area contributed by atoms with Gasteiger partial charge < -0.3 is 19.9 Å². The SMILES string of the molecule is CCc1c(N)ncnc1OCCOCCCOC. The average molecular weight is 255 g/mol. The molecule has 0 unspecified atom stereocenters. The maximum absolute atomic E-state index is 5.74. The van der Waals surface area contributed by atoms with Crippen molar-refractivity contribution < 1.29 is 14.2 Å². The molecule has 18 heavy (non-hydrogen) atoms. The van der Waals surface area contributed by atoms with Gasteiger partial charge in [0.25, 0.3) is 0 Å². The molecule has 1 aromatic heterocycles. The van der Waals surface area contributed by atoms with Gasteiger partial charge in [-0.2, -0.15) is 0 Å². The Morgan fingerprint density at radius 2 is 2.00 bits per heavy atom. The lowest BCUT2D eigenvalue weighted by atomic mass is 10.2. The van der Waals surface area contributed by atoms with Gasteiger partial charge in [0.05, 0.1) is 12.2 Å². The molecule has 6 heteroatoms. The van der Waals surface area contributed by atoms with E-state index in [1.807, 2.05) is 6.92 Å². The monoisotopic (exact) mass is 255 g/mol. The van der Waals surface area contributed by atoms with Gasteiger partial charge in [-0.15, -0.1) is 0 Å². The van der Waals surface area contributed by atoms with Gasteiger partial charge in [0.1, 0.15) is 18.8 Å². The maximum atomic E-state index is 5.74. The largest absolute Gasteiger partial charge is 0.475 e. The summed E-state index contributed by atoms with van der Waals surface area (Å²) in [4.78, 5) is 8.00. The number of methoxy groups -OCH3 is 1. The number of hydrogen-bond donors (Lipinski definition) is 1. The second-order valence-corrected chi connectivity index (χ2v) is 3.70. The molecule has 0 amide bonds. The summed E-state index contributed by atoms with van der Waals surface area (Å²) in [5.74, 6) is 1.02. The fraction of sp³-hybridized carbons (Fsp3) is 0.667. The zero-order valence-corrected chi connectivity index (χ0v) is 11.0. The second-order valence-electron chi connectivity index (χ2n) is 3.70. The first-order valence-electron chi connectivity index (χ1n) is 6.08. The molecule has 0 atom stereocenters. The van der Waals surface area contributed by atoms with Crippen LogP contribution in [0.3, 0.4) is 0 Å². The Kier molecular flexibility index (Phi) is 7.05. The molecule has 0 aliphatic carbocycles. The van der Waals surface area contributed by atoms with Crippen LogP contribution in [-0.2, 0) is 15.9 Å². The van der Waals surface area contributed by atoms with Crippen LogP contribution in [0.25, 0.3) is 0 Å². The lowest BCUT2D eigenvalue weighted by Gasteiger charge is -2.10. The number of aromatic nitrogens is 2. The van der Waals surface area contributed by atoms with E-state index in [1.54, 1.807) is 7.11 Å². The van der Waals surface area contributed by atoms with Gasteiger partial charge in [-0.3, -0.25) is 0 Å². The summed E-state index contributed by atoms with van der Waals surface area (Å²) in [6.07, 6.45) is 3.04. The molecule has 102 valence electrons. The summed E-state index contributed by atoms with van der Waals surface area (Å²) in [5, 5.41) is 0. The molecule has 0 radical (unpaired) electrons. The standard InChI is InChI=1S/C12H21N3O3/c1-3-10-11(13)14-9-15-12(10)18-8-7-17-6-4-5-16-2/h9H,3-8H2,1-2H3,(H2,13,14,15). The van der Waals surface area contributed by atoms with E-state index in [2.05, 4.69) is 9.97 Å². The zero-order valence-electron chi connectivity index (χ0n) is 11.0. The molecule has 0 aliphatic rings. The first-order chi connectivity index (χ1) is 8.79. The first kappa shape index (κ1) is 14.7. The van der Waals surface area contributed by atoms with Crippen molar-refractivity contribution in [3.05, 3.63) is 11.9 Å². The number of anilines is 1. The van der Waals surface area contributed by atoms with Gasteiger partial charge in [-0.1, -0.05) is 6.92 Å². The third kappa shape index (κ3) is 4.85. The maximum Gasteiger partial charge on any atom is 0.221 e. The highest BCUT2D eigenvalue weighted by Crippen LogP contribution is 2.19. The highest BCUT2D eigenvalue weighted by Gasteiger charge is 2.07. The minimum Gasteiger partial charge on any atom is -0.475 e. The van der Waals surface area contributed by atoms with Crippen molar-refractivity contribution >= 4 is 5.82 Å². The number of nitrogen functional groups attached to an aromatic ring is 1. The highest BCUT2D eigenvalue weighted by atomic mass is 16.5. The molecule has 0 spiro atoms. The normalized spacial score (nSPS) is 10.6. The Morgan fingerprint density at radius 3 is 2.72 bits per heavy atom. The molecule has 1 heterocycles. The Hall–Kier alpha value is -1.40. The van der Waals surface area contributed by atoms with E-state index in [0.29, 0.717) is 38.1 Å². The van der Waals surface area contributed by atoms with Gasteiger partial charge in [0.2, 0.25) is 5.88 Å². The van der Waals surface area contributed by atoms with E-state index < -0.39 is 0 Å². The van der Waals surface area contributed by atoms with Crippen LogP contribution in [0, 0.1) is 0 Å². The topological polar surface area (TPSA) is 79.5 Å². The summed E-state index contributed by atoms with van der Waals surface area (Å²) in [7, 11) is 1.68. The third-order valence-electron chi connectivity index (χ3n) is 2.40. The molecule has 1 aromatic rings. The van der Waals surface area contributed by atoms with Crippen molar-refractivity contribution in [2.24, 2.45) is 0 Å². The zero-order chi connectivity index (χ0) is 13.2. The Bertz CT molecular complexity index is 347. The van der Waals surface area contributed by atoms with Crippen LogP contribution in [0.4, 0.5) is 5.82 Å². The molecule has 2 N–H and O–H groups in total. The summed E-state index contributed by atoms with van der Waals surface area (Å²) < 4.78 is 15.8. The highest BCUT2D eigenvalue weighted by molar-refractivity contribution is 5.44. The Balaban J connectivity index is 2.25. The minimum absolute atomic E-state index is 0.455. The molecule has 0 aliphatic heterocycles.